The minimum Gasteiger partial charge on any atom is -0.494 e. The molecule has 0 spiro atoms. The van der Waals surface area contributed by atoms with Crippen LogP contribution in [0, 0.1) is 0 Å². The summed E-state index contributed by atoms with van der Waals surface area (Å²) >= 11 is 5.62. The van der Waals surface area contributed by atoms with Crippen molar-refractivity contribution in [3.05, 3.63) is 29.8 Å². The zero-order valence-electron chi connectivity index (χ0n) is 13.8. The standard InChI is InChI=1S/C17H27ClN2O2/c1-19(2)11-6-12-22-16-8-4-7-15(13-16)14-20(3)17(21)9-5-10-18/h4,7-8,13H,5-6,9-12,14H2,1-3H3. The molecule has 0 heterocycles. The van der Waals surface area contributed by atoms with E-state index in [1.807, 2.05) is 31.3 Å². The van der Waals surface area contributed by atoms with Crippen molar-refractivity contribution in [1.82, 2.24) is 9.80 Å². The first-order chi connectivity index (χ1) is 10.5. The number of hydrogen-bond donors (Lipinski definition) is 0. The number of halogens is 1. The van der Waals surface area contributed by atoms with E-state index in [9.17, 15) is 4.79 Å². The van der Waals surface area contributed by atoms with Crippen LogP contribution in [-0.2, 0) is 11.3 Å². The summed E-state index contributed by atoms with van der Waals surface area (Å²) < 4.78 is 5.76. The Morgan fingerprint density at radius 1 is 1.23 bits per heavy atom. The lowest BCUT2D eigenvalue weighted by molar-refractivity contribution is -0.130. The number of carbonyl (C=O) groups excluding carboxylic acids is 1. The van der Waals surface area contributed by atoms with Gasteiger partial charge < -0.3 is 14.5 Å². The summed E-state index contributed by atoms with van der Waals surface area (Å²) in [6, 6.07) is 7.93. The van der Waals surface area contributed by atoms with E-state index in [4.69, 9.17) is 16.3 Å². The van der Waals surface area contributed by atoms with E-state index in [1.54, 1.807) is 4.90 Å². The molecular formula is C17H27ClN2O2. The summed E-state index contributed by atoms with van der Waals surface area (Å²) in [5.41, 5.74) is 1.08. The normalized spacial score (nSPS) is 10.8. The van der Waals surface area contributed by atoms with Gasteiger partial charge in [0.15, 0.2) is 0 Å². The fraction of sp³-hybridized carbons (Fsp3) is 0.588. The molecule has 1 aromatic carbocycles. The quantitative estimate of drug-likeness (QED) is 0.489. The van der Waals surface area contributed by atoms with Crippen LogP contribution in [0.2, 0.25) is 0 Å². The molecule has 124 valence electrons. The number of hydrogen-bond acceptors (Lipinski definition) is 3. The van der Waals surface area contributed by atoms with Crippen molar-refractivity contribution in [3.8, 4) is 5.75 Å². The second-order valence-corrected chi connectivity index (χ2v) is 6.07. The van der Waals surface area contributed by atoms with Crippen molar-refractivity contribution in [3.63, 3.8) is 0 Å². The molecule has 0 bridgehead atoms. The maximum atomic E-state index is 11.9. The molecule has 0 aliphatic rings. The molecule has 1 rings (SSSR count). The predicted octanol–water partition coefficient (Wildman–Crippen LogP) is 2.99. The van der Waals surface area contributed by atoms with E-state index in [0.29, 0.717) is 25.5 Å². The zero-order chi connectivity index (χ0) is 16.4. The highest BCUT2D eigenvalue weighted by molar-refractivity contribution is 6.17. The Morgan fingerprint density at radius 2 is 2.00 bits per heavy atom. The van der Waals surface area contributed by atoms with E-state index in [2.05, 4.69) is 19.0 Å². The maximum absolute atomic E-state index is 11.9. The van der Waals surface area contributed by atoms with Crippen molar-refractivity contribution in [2.24, 2.45) is 0 Å². The smallest absolute Gasteiger partial charge is 0.222 e. The van der Waals surface area contributed by atoms with Crippen LogP contribution in [0.3, 0.4) is 0 Å². The average Bonchev–Trinajstić information content (AvgIpc) is 2.49. The number of nitrogens with zero attached hydrogens (tertiary/aromatic N) is 2. The average molecular weight is 327 g/mol. The number of ether oxygens (including phenoxy) is 1. The van der Waals surface area contributed by atoms with Gasteiger partial charge in [-0.25, -0.2) is 0 Å². The molecule has 1 aromatic rings. The highest BCUT2D eigenvalue weighted by Gasteiger charge is 2.09. The topological polar surface area (TPSA) is 32.8 Å². The zero-order valence-corrected chi connectivity index (χ0v) is 14.6. The first-order valence-corrected chi connectivity index (χ1v) is 8.22. The maximum Gasteiger partial charge on any atom is 0.222 e. The van der Waals surface area contributed by atoms with E-state index >= 15 is 0 Å². The lowest BCUT2D eigenvalue weighted by Gasteiger charge is -2.17. The monoisotopic (exact) mass is 326 g/mol. The van der Waals surface area contributed by atoms with Crippen molar-refractivity contribution in [2.75, 3.05) is 40.2 Å². The van der Waals surface area contributed by atoms with Gasteiger partial charge in [-0.15, -0.1) is 11.6 Å². The van der Waals surface area contributed by atoms with Crippen LogP contribution in [0.1, 0.15) is 24.8 Å². The van der Waals surface area contributed by atoms with Gasteiger partial charge in [-0.2, -0.15) is 0 Å². The number of carbonyl (C=O) groups is 1. The number of amides is 1. The molecule has 0 saturated carbocycles. The summed E-state index contributed by atoms with van der Waals surface area (Å²) in [5.74, 6) is 1.51. The Balaban J connectivity index is 2.44. The lowest BCUT2D eigenvalue weighted by atomic mass is 10.2. The lowest BCUT2D eigenvalue weighted by Crippen LogP contribution is -2.25. The summed E-state index contributed by atoms with van der Waals surface area (Å²) in [4.78, 5) is 15.8. The minimum atomic E-state index is 0.123. The van der Waals surface area contributed by atoms with Crippen molar-refractivity contribution in [2.45, 2.75) is 25.8 Å². The molecule has 0 atom stereocenters. The molecule has 0 aliphatic heterocycles. The highest BCUT2D eigenvalue weighted by Crippen LogP contribution is 2.15. The van der Waals surface area contributed by atoms with Crippen LogP contribution in [0.4, 0.5) is 0 Å². The predicted molar refractivity (Wildman–Crippen MR) is 91.5 cm³/mol. The molecule has 0 fully saturated rings. The molecule has 4 nitrogen and oxygen atoms in total. The van der Waals surface area contributed by atoms with Crippen LogP contribution in [-0.4, -0.2) is 55.9 Å². The Bertz CT molecular complexity index is 452. The van der Waals surface area contributed by atoms with Gasteiger partial charge in [-0.1, -0.05) is 12.1 Å². The van der Waals surface area contributed by atoms with Gasteiger partial charge in [0.1, 0.15) is 5.75 Å². The molecule has 5 heteroatoms. The molecule has 0 aliphatic carbocycles. The van der Waals surface area contributed by atoms with Crippen molar-refractivity contribution < 1.29 is 9.53 Å². The van der Waals surface area contributed by atoms with Crippen LogP contribution in [0.5, 0.6) is 5.75 Å². The fourth-order valence-electron chi connectivity index (χ4n) is 2.08. The van der Waals surface area contributed by atoms with E-state index < -0.39 is 0 Å². The Labute approximate surface area is 139 Å². The molecule has 0 N–H and O–H groups in total. The summed E-state index contributed by atoms with van der Waals surface area (Å²) in [6.07, 6.45) is 2.22. The van der Waals surface area contributed by atoms with Gasteiger partial charge in [0.25, 0.3) is 0 Å². The number of rotatable bonds is 10. The second kappa shape index (κ2) is 10.5. The molecule has 1 amide bonds. The van der Waals surface area contributed by atoms with E-state index in [0.717, 1.165) is 30.7 Å². The van der Waals surface area contributed by atoms with Crippen LogP contribution < -0.4 is 4.74 Å². The van der Waals surface area contributed by atoms with Gasteiger partial charge in [0.2, 0.25) is 5.91 Å². The summed E-state index contributed by atoms with van der Waals surface area (Å²) in [6.45, 7) is 2.31. The molecular weight excluding hydrogens is 300 g/mol. The molecule has 0 unspecified atom stereocenters. The third-order valence-electron chi connectivity index (χ3n) is 3.29. The molecule has 22 heavy (non-hydrogen) atoms. The molecule has 0 radical (unpaired) electrons. The van der Waals surface area contributed by atoms with Crippen molar-refractivity contribution in [1.29, 1.82) is 0 Å². The second-order valence-electron chi connectivity index (χ2n) is 5.70. The number of alkyl halides is 1. The van der Waals surface area contributed by atoms with Gasteiger partial charge in [-0.3, -0.25) is 4.79 Å². The van der Waals surface area contributed by atoms with Crippen LogP contribution >= 0.6 is 11.6 Å². The van der Waals surface area contributed by atoms with Gasteiger partial charge in [-0.05, 0) is 44.6 Å². The van der Waals surface area contributed by atoms with Gasteiger partial charge in [0.05, 0.1) is 6.61 Å². The Kier molecular flexibility index (Phi) is 8.94. The Hall–Kier alpha value is -1.26. The van der Waals surface area contributed by atoms with Gasteiger partial charge in [0, 0.05) is 32.4 Å². The van der Waals surface area contributed by atoms with Crippen LogP contribution in [0.15, 0.2) is 24.3 Å². The first-order valence-electron chi connectivity index (χ1n) is 7.69. The van der Waals surface area contributed by atoms with E-state index in [1.165, 1.54) is 0 Å². The minimum absolute atomic E-state index is 0.123. The highest BCUT2D eigenvalue weighted by atomic mass is 35.5. The largest absolute Gasteiger partial charge is 0.494 e. The Morgan fingerprint density at radius 3 is 2.68 bits per heavy atom. The van der Waals surface area contributed by atoms with Crippen molar-refractivity contribution >= 4 is 17.5 Å². The third-order valence-corrected chi connectivity index (χ3v) is 3.55. The molecule has 0 aromatic heterocycles. The van der Waals surface area contributed by atoms with E-state index in [-0.39, 0.29) is 5.91 Å². The van der Waals surface area contributed by atoms with Gasteiger partial charge >= 0.3 is 0 Å². The third kappa shape index (κ3) is 7.66. The SMILES string of the molecule is CN(C)CCCOc1cccc(CN(C)C(=O)CCCCl)c1. The first kappa shape index (κ1) is 18.8. The molecule has 0 saturated heterocycles. The summed E-state index contributed by atoms with van der Waals surface area (Å²) in [7, 11) is 5.93. The number of benzene rings is 1. The summed E-state index contributed by atoms with van der Waals surface area (Å²) in [5, 5.41) is 0. The fourth-order valence-corrected chi connectivity index (χ4v) is 2.21. The van der Waals surface area contributed by atoms with Crippen LogP contribution in [0.25, 0.3) is 0 Å².